The van der Waals surface area contributed by atoms with Crippen molar-refractivity contribution in [3.8, 4) is 0 Å². The Hall–Kier alpha value is -2.51. The lowest BCUT2D eigenvalue weighted by molar-refractivity contribution is -0.157. The summed E-state index contributed by atoms with van der Waals surface area (Å²) >= 11 is 0. The molecule has 2 amide bonds. The van der Waals surface area contributed by atoms with Gasteiger partial charge in [-0.3, -0.25) is 14.4 Å². The maximum atomic E-state index is 13.8. The van der Waals surface area contributed by atoms with E-state index in [1.54, 1.807) is 20.8 Å². The van der Waals surface area contributed by atoms with Crippen molar-refractivity contribution in [3.05, 3.63) is 23.0 Å². The Morgan fingerprint density at radius 1 is 1.15 bits per heavy atom. The molecular weight excluding hydrogens is 345 g/mol. The normalized spacial score (nSPS) is 24.8. The van der Waals surface area contributed by atoms with Gasteiger partial charge in [-0.1, -0.05) is 13.8 Å². The molecule has 1 heterocycles. The first kappa shape index (κ1) is 19.8. The summed E-state index contributed by atoms with van der Waals surface area (Å²) in [7, 11) is 0. The summed E-state index contributed by atoms with van der Waals surface area (Å²) in [5.74, 6) is -5.00. The van der Waals surface area contributed by atoms with E-state index < -0.39 is 53.6 Å². The molecule has 0 aromatic rings. The topological polar surface area (TPSA) is 90.0 Å². The zero-order valence-electron chi connectivity index (χ0n) is 15.4. The minimum Gasteiger partial charge on any atom is -0.461 e. The average molecular weight is 367 g/mol. The summed E-state index contributed by atoms with van der Waals surface area (Å²) in [6.45, 7) is 7.65. The first-order valence-electron chi connectivity index (χ1n) is 8.28. The molecule has 0 radical (unpaired) electrons. The molecule has 0 bridgehead atoms. The molecule has 0 spiro atoms. The molecule has 0 saturated heterocycles. The number of imide groups is 1. The van der Waals surface area contributed by atoms with Crippen molar-refractivity contribution in [2.45, 2.75) is 34.6 Å². The molecule has 8 heteroatoms. The van der Waals surface area contributed by atoms with Crippen molar-refractivity contribution < 1.29 is 33.0 Å². The fourth-order valence-corrected chi connectivity index (χ4v) is 3.02. The van der Waals surface area contributed by atoms with Gasteiger partial charge in [0.15, 0.2) is 6.73 Å². The molecule has 2 aliphatic rings. The number of nitrogens with zero attached hydrogens (tertiary/aromatic N) is 1. The number of carbonyl (C=O) groups is 4. The predicted molar refractivity (Wildman–Crippen MR) is 87.8 cm³/mol. The quantitative estimate of drug-likeness (QED) is 0.404. The maximum Gasteiger partial charge on any atom is 0.366 e. The lowest BCUT2D eigenvalue weighted by Crippen LogP contribution is -2.35. The molecule has 26 heavy (non-hydrogen) atoms. The zero-order valence-corrected chi connectivity index (χ0v) is 15.4. The van der Waals surface area contributed by atoms with Gasteiger partial charge in [0.05, 0.1) is 12.5 Å². The highest BCUT2D eigenvalue weighted by molar-refractivity contribution is 6.18. The molecule has 7 nitrogen and oxygen atoms in total. The van der Waals surface area contributed by atoms with E-state index >= 15 is 0 Å². The van der Waals surface area contributed by atoms with E-state index in [9.17, 15) is 23.6 Å². The monoisotopic (exact) mass is 367 g/mol. The van der Waals surface area contributed by atoms with Crippen molar-refractivity contribution in [2.75, 3.05) is 13.3 Å². The number of rotatable bonds is 6. The van der Waals surface area contributed by atoms with Crippen LogP contribution >= 0.6 is 0 Å². The van der Waals surface area contributed by atoms with Crippen molar-refractivity contribution in [1.82, 2.24) is 4.90 Å². The predicted octanol–water partition coefficient (Wildman–Crippen LogP) is 1.88. The Balaban J connectivity index is 1.98. The Labute approximate surface area is 150 Å². The molecule has 1 fully saturated rings. The number of hydrogen-bond acceptors (Lipinski definition) is 6. The van der Waals surface area contributed by atoms with Crippen LogP contribution < -0.4 is 0 Å². The number of amides is 2. The molecule has 0 N–H and O–H groups in total. The van der Waals surface area contributed by atoms with E-state index in [0.717, 1.165) is 11.0 Å². The van der Waals surface area contributed by atoms with Crippen LogP contribution in [0.3, 0.4) is 0 Å². The van der Waals surface area contributed by atoms with E-state index in [-0.39, 0.29) is 6.61 Å². The Kier molecular flexibility index (Phi) is 5.34. The molecule has 1 saturated carbocycles. The van der Waals surface area contributed by atoms with Crippen LogP contribution in [0.5, 0.6) is 0 Å². The number of carbonyl (C=O) groups excluding carboxylic acids is 4. The second-order valence-corrected chi connectivity index (χ2v) is 6.94. The Morgan fingerprint density at radius 3 is 2.19 bits per heavy atom. The molecular formula is C18H22FNO6. The van der Waals surface area contributed by atoms with E-state index in [4.69, 9.17) is 4.74 Å². The zero-order chi connectivity index (χ0) is 19.8. The first-order valence-corrected chi connectivity index (χ1v) is 8.28. The standard InChI is InChI=1S/C18H22FNO6/c1-6-25-16(23)12(19)7-11-13(18(11,4)5)17(24)26-8-20-14(21)9(2)10(3)15(20)22/h7,11,13H,6,8H2,1-5H3/t11-,13-/m0/s1. The summed E-state index contributed by atoms with van der Waals surface area (Å²) in [4.78, 5) is 48.4. The van der Waals surface area contributed by atoms with Gasteiger partial charge in [-0.05, 0) is 38.2 Å². The van der Waals surface area contributed by atoms with Gasteiger partial charge in [0.1, 0.15) is 0 Å². The van der Waals surface area contributed by atoms with Crippen LogP contribution in [-0.2, 0) is 28.7 Å². The smallest absolute Gasteiger partial charge is 0.366 e. The van der Waals surface area contributed by atoms with Crippen molar-refractivity contribution in [2.24, 2.45) is 17.3 Å². The molecule has 0 aromatic heterocycles. The number of allylic oxidation sites excluding steroid dienone is 1. The third-order valence-corrected chi connectivity index (χ3v) is 4.99. The third-order valence-electron chi connectivity index (χ3n) is 4.99. The molecule has 1 aliphatic carbocycles. The van der Waals surface area contributed by atoms with Crippen LogP contribution in [0.1, 0.15) is 34.6 Å². The SMILES string of the molecule is CCOC(=O)C(F)=C[C@H]1[C@@H](C(=O)OCN2C(=O)C(C)=C(C)C2=O)C1(C)C. The molecule has 142 valence electrons. The third kappa shape index (κ3) is 3.40. The van der Waals surface area contributed by atoms with Gasteiger partial charge in [0.25, 0.3) is 11.8 Å². The second kappa shape index (κ2) is 7.01. The lowest BCUT2D eigenvalue weighted by Gasteiger charge is -2.15. The molecule has 2 atom stereocenters. The summed E-state index contributed by atoms with van der Waals surface area (Å²) < 4.78 is 23.5. The molecule has 0 unspecified atom stereocenters. The van der Waals surface area contributed by atoms with Crippen molar-refractivity contribution in [1.29, 1.82) is 0 Å². The summed E-state index contributed by atoms with van der Waals surface area (Å²) in [6.07, 6.45) is 1.06. The minimum atomic E-state index is -1.08. The highest BCUT2D eigenvalue weighted by Gasteiger charge is 2.62. The van der Waals surface area contributed by atoms with Gasteiger partial charge in [0.2, 0.25) is 5.83 Å². The van der Waals surface area contributed by atoms with Gasteiger partial charge in [0, 0.05) is 11.1 Å². The number of esters is 2. The highest BCUT2D eigenvalue weighted by atomic mass is 19.1. The largest absolute Gasteiger partial charge is 0.461 e. The Bertz CT molecular complexity index is 712. The number of ether oxygens (including phenoxy) is 2. The molecule has 2 rings (SSSR count). The summed E-state index contributed by atoms with van der Waals surface area (Å²) in [5.41, 5.74) is 0.0227. The number of hydrogen-bond donors (Lipinski definition) is 0. The van der Waals surface area contributed by atoms with Crippen LogP contribution in [-0.4, -0.2) is 42.0 Å². The molecule has 1 aliphatic heterocycles. The van der Waals surface area contributed by atoms with Gasteiger partial charge in [-0.2, -0.15) is 4.39 Å². The fraction of sp³-hybridized carbons (Fsp3) is 0.556. The van der Waals surface area contributed by atoms with E-state index in [1.165, 1.54) is 13.8 Å². The second-order valence-electron chi connectivity index (χ2n) is 6.94. The highest BCUT2D eigenvalue weighted by Crippen LogP contribution is 2.60. The van der Waals surface area contributed by atoms with Crippen LogP contribution in [0.15, 0.2) is 23.0 Å². The Morgan fingerprint density at radius 2 is 1.69 bits per heavy atom. The molecule has 0 aromatic carbocycles. The van der Waals surface area contributed by atoms with Crippen LogP contribution in [0, 0.1) is 17.3 Å². The van der Waals surface area contributed by atoms with Crippen molar-refractivity contribution >= 4 is 23.8 Å². The summed E-state index contributed by atoms with van der Waals surface area (Å²) in [5, 5.41) is 0. The number of halogens is 1. The minimum absolute atomic E-state index is 0.0460. The fourth-order valence-electron chi connectivity index (χ4n) is 3.02. The van der Waals surface area contributed by atoms with Gasteiger partial charge in [-0.15, -0.1) is 0 Å². The van der Waals surface area contributed by atoms with Crippen LogP contribution in [0.2, 0.25) is 0 Å². The maximum absolute atomic E-state index is 13.8. The van der Waals surface area contributed by atoms with Crippen molar-refractivity contribution in [3.63, 3.8) is 0 Å². The van der Waals surface area contributed by atoms with Crippen LogP contribution in [0.25, 0.3) is 0 Å². The van der Waals surface area contributed by atoms with E-state index in [0.29, 0.717) is 11.1 Å². The van der Waals surface area contributed by atoms with Gasteiger partial charge < -0.3 is 9.47 Å². The average Bonchev–Trinajstić information content (AvgIpc) is 3.06. The van der Waals surface area contributed by atoms with Gasteiger partial charge in [-0.25, -0.2) is 9.69 Å². The van der Waals surface area contributed by atoms with Gasteiger partial charge >= 0.3 is 11.9 Å². The van der Waals surface area contributed by atoms with Crippen LogP contribution in [0.4, 0.5) is 4.39 Å². The van der Waals surface area contributed by atoms with E-state index in [2.05, 4.69) is 4.74 Å². The lowest BCUT2D eigenvalue weighted by atomic mass is 10.1. The first-order chi connectivity index (χ1) is 12.0. The summed E-state index contributed by atoms with van der Waals surface area (Å²) in [6, 6.07) is 0. The van der Waals surface area contributed by atoms with E-state index in [1.807, 2.05) is 0 Å².